The van der Waals surface area contributed by atoms with Crippen molar-refractivity contribution in [3.63, 3.8) is 0 Å². The van der Waals surface area contributed by atoms with Gasteiger partial charge >= 0.3 is 17.9 Å². The van der Waals surface area contributed by atoms with E-state index >= 15 is 0 Å². The highest BCUT2D eigenvalue weighted by molar-refractivity contribution is 5.72. The Morgan fingerprint density at radius 1 is 0.297 bits per heavy atom. The molecule has 0 rings (SSSR count). The van der Waals surface area contributed by atoms with Gasteiger partial charge in [-0.2, -0.15) is 0 Å². The van der Waals surface area contributed by atoms with Crippen LogP contribution in [0.1, 0.15) is 271 Å². The van der Waals surface area contributed by atoms with Crippen molar-refractivity contribution in [2.24, 2.45) is 0 Å². The lowest BCUT2D eigenvalue weighted by atomic mass is 10.0. The van der Waals surface area contributed by atoms with Crippen molar-refractivity contribution in [2.75, 3.05) is 13.2 Å². The van der Waals surface area contributed by atoms with Crippen LogP contribution < -0.4 is 0 Å². The maximum atomic E-state index is 12.9. The number of hydrogen-bond donors (Lipinski definition) is 0. The lowest BCUT2D eigenvalue weighted by Gasteiger charge is -2.18. The summed E-state index contributed by atoms with van der Waals surface area (Å²) in [6.45, 7) is 6.33. The van der Waals surface area contributed by atoms with E-state index in [1.54, 1.807) is 6.08 Å². The molecule has 74 heavy (non-hydrogen) atoms. The molecule has 0 radical (unpaired) electrons. The van der Waals surface area contributed by atoms with E-state index in [0.29, 0.717) is 12.8 Å². The van der Waals surface area contributed by atoms with Gasteiger partial charge < -0.3 is 14.2 Å². The van der Waals surface area contributed by atoms with Crippen molar-refractivity contribution < 1.29 is 28.6 Å². The molecule has 0 fully saturated rings. The quantitative estimate of drug-likeness (QED) is 0.0261. The maximum absolute atomic E-state index is 12.9. The zero-order valence-corrected chi connectivity index (χ0v) is 48.1. The van der Waals surface area contributed by atoms with Crippen molar-refractivity contribution in [2.45, 2.75) is 277 Å². The molecule has 0 heterocycles. The Kier molecular flexibility index (Phi) is 57.9. The summed E-state index contributed by atoms with van der Waals surface area (Å²) in [5.41, 5.74) is 0. The Morgan fingerprint density at radius 3 is 0.946 bits per heavy atom. The molecule has 0 aromatic rings. The van der Waals surface area contributed by atoms with Gasteiger partial charge in [-0.05, 0) is 89.9 Å². The number of rotatable bonds is 54. The van der Waals surface area contributed by atoms with Crippen LogP contribution in [0.2, 0.25) is 0 Å². The normalized spacial score (nSPS) is 13.0. The summed E-state index contributed by atoms with van der Waals surface area (Å²) in [5, 5.41) is 0. The molecule has 1 atom stereocenters. The summed E-state index contributed by atoms with van der Waals surface area (Å²) in [5.74, 6) is -1.05. The molecular formula is C68H112O6. The minimum absolute atomic E-state index is 0.115. The van der Waals surface area contributed by atoms with Gasteiger partial charge in [0.05, 0.1) is 6.42 Å². The van der Waals surface area contributed by atoms with E-state index in [4.69, 9.17) is 14.2 Å². The fourth-order valence-corrected chi connectivity index (χ4v) is 8.25. The third-order valence-electron chi connectivity index (χ3n) is 12.7. The molecule has 0 aliphatic heterocycles. The Balaban J connectivity index is 4.47. The van der Waals surface area contributed by atoms with Crippen molar-refractivity contribution in [1.82, 2.24) is 0 Å². The van der Waals surface area contributed by atoms with E-state index in [-0.39, 0.29) is 31.6 Å². The van der Waals surface area contributed by atoms with Gasteiger partial charge in [0.1, 0.15) is 13.2 Å². The first-order valence-corrected chi connectivity index (χ1v) is 30.5. The molecule has 0 N–H and O–H groups in total. The van der Waals surface area contributed by atoms with Crippen LogP contribution in [0.3, 0.4) is 0 Å². The summed E-state index contributed by atoms with van der Waals surface area (Å²) < 4.78 is 16.8. The summed E-state index contributed by atoms with van der Waals surface area (Å²) in [4.78, 5) is 38.2. The summed E-state index contributed by atoms with van der Waals surface area (Å²) in [6.07, 6.45) is 85.1. The molecule has 0 amide bonds. The number of ether oxygens (including phenoxy) is 3. The molecule has 1 unspecified atom stereocenters. The number of carbonyl (C=O) groups is 3. The molecule has 0 spiro atoms. The highest BCUT2D eigenvalue weighted by Gasteiger charge is 2.19. The van der Waals surface area contributed by atoms with E-state index in [1.165, 1.54) is 122 Å². The Bertz CT molecular complexity index is 1550. The minimum atomic E-state index is -0.825. The molecule has 420 valence electrons. The van der Waals surface area contributed by atoms with Gasteiger partial charge in [-0.15, -0.1) is 0 Å². The number of carbonyl (C=O) groups excluding carboxylic acids is 3. The van der Waals surface area contributed by atoms with Crippen LogP contribution in [0.15, 0.2) is 122 Å². The number of hydrogen-bond acceptors (Lipinski definition) is 6. The van der Waals surface area contributed by atoms with Gasteiger partial charge in [-0.3, -0.25) is 14.4 Å². The average Bonchev–Trinajstić information content (AvgIpc) is 3.40. The van der Waals surface area contributed by atoms with Gasteiger partial charge in [0, 0.05) is 12.8 Å². The summed E-state index contributed by atoms with van der Waals surface area (Å²) in [6, 6.07) is 0. The van der Waals surface area contributed by atoms with Gasteiger partial charge in [0.25, 0.3) is 0 Å². The van der Waals surface area contributed by atoms with Gasteiger partial charge in [-0.25, -0.2) is 0 Å². The third-order valence-corrected chi connectivity index (χ3v) is 12.7. The molecule has 0 aromatic heterocycles. The molecule has 6 nitrogen and oxygen atoms in total. The Hall–Kier alpha value is -4.19. The van der Waals surface area contributed by atoms with E-state index in [1.807, 2.05) is 6.08 Å². The summed E-state index contributed by atoms with van der Waals surface area (Å²) >= 11 is 0. The standard InChI is InChI=1S/C68H112O6/c1-4-7-10-13-16-19-22-25-28-30-32-33-34-35-36-38-40-43-46-49-52-55-58-61-67(70)73-64-65(63-72-66(69)60-57-54-51-48-45-42-39-27-24-21-18-15-12-9-6-3)74-68(71)62-59-56-53-50-47-44-41-37-31-29-26-23-20-17-14-11-8-5-2/h7,9-10,12,16,18-19,21,25,27-28,32-33,35-36,39,45,48,54,57,65H,4-6,8,11,13-15,17,20,22-24,26,29-31,34,37-38,40-44,46-47,49-53,55-56,58-64H2,1-3H3/b10-7-,12-9-,19-16-,21-18-,28-25-,33-32-,36-35-,39-27-,48-45-,57-54-. The highest BCUT2D eigenvalue weighted by Crippen LogP contribution is 2.16. The monoisotopic (exact) mass is 1020 g/mol. The van der Waals surface area contributed by atoms with E-state index in [2.05, 4.69) is 130 Å². The van der Waals surface area contributed by atoms with Crippen LogP contribution in [0.5, 0.6) is 0 Å². The second kappa shape index (κ2) is 61.4. The van der Waals surface area contributed by atoms with Crippen LogP contribution in [0.4, 0.5) is 0 Å². The Labute approximate surface area is 456 Å². The Morgan fingerprint density at radius 2 is 0.581 bits per heavy atom. The first kappa shape index (κ1) is 69.8. The highest BCUT2D eigenvalue weighted by atomic mass is 16.6. The van der Waals surface area contributed by atoms with E-state index in [9.17, 15) is 14.4 Å². The molecule has 0 aliphatic rings. The number of unbranched alkanes of at least 4 members (excludes halogenated alkanes) is 24. The predicted octanol–water partition coefficient (Wildman–Crippen LogP) is 20.8. The van der Waals surface area contributed by atoms with Gasteiger partial charge in [-0.1, -0.05) is 284 Å². The molecule has 0 aromatic carbocycles. The SMILES string of the molecule is CC/C=C\C/C=C\C/C=C\C/C=C\C/C=C\CCCCCCCCCC(=O)OCC(COC(=O)C/C=C\C/C=C\C/C=C\C/C=C\C/C=C\CC)OC(=O)CCCCCCCCCCCCCCCCCCCC. The largest absolute Gasteiger partial charge is 0.462 e. The zero-order chi connectivity index (χ0) is 53.6. The average molecular weight is 1030 g/mol. The lowest BCUT2D eigenvalue weighted by molar-refractivity contribution is -0.166. The second-order valence-corrected chi connectivity index (χ2v) is 19.9. The van der Waals surface area contributed by atoms with Gasteiger partial charge in [0.15, 0.2) is 6.10 Å². The van der Waals surface area contributed by atoms with Crippen molar-refractivity contribution in [1.29, 1.82) is 0 Å². The molecule has 6 heteroatoms. The fourth-order valence-electron chi connectivity index (χ4n) is 8.25. The van der Waals surface area contributed by atoms with Crippen LogP contribution in [-0.2, 0) is 28.6 Å². The van der Waals surface area contributed by atoms with E-state index in [0.717, 1.165) is 109 Å². The van der Waals surface area contributed by atoms with Crippen molar-refractivity contribution in [3.8, 4) is 0 Å². The molecular weight excluding hydrogens is 913 g/mol. The van der Waals surface area contributed by atoms with Gasteiger partial charge in [0.2, 0.25) is 0 Å². The number of allylic oxidation sites excluding steroid dienone is 19. The van der Waals surface area contributed by atoms with Crippen LogP contribution >= 0.6 is 0 Å². The second-order valence-electron chi connectivity index (χ2n) is 19.9. The minimum Gasteiger partial charge on any atom is -0.462 e. The topological polar surface area (TPSA) is 78.9 Å². The van der Waals surface area contributed by atoms with Crippen molar-refractivity contribution in [3.05, 3.63) is 122 Å². The molecule has 0 aliphatic carbocycles. The third kappa shape index (κ3) is 58.7. The summed E-state index contributed by atoms with van der Waals surface area (Å²) in [7, 11) is 0. The fraction of sp³-hybridized carbons (Fsp3) is 0.662. The molecule has 0 saturated heterocycles. The predicted molar refractivity (Wildman–Crippen MR) is 320 cm³/mol. The van der Waals surface area contributed by atoms with Crippen LogP contribution in [-0.4, -0.2) is 37.2 Å². The first-order chi connectivity index (χ1) is 36.5. The molecule has 0 saturated carbocycles. The molecule has 0 bridgehead atoms. The van der Waals surface area contributed by atoms with Crippen molar-refractivity contribution >= 4 is 17.9 Å². The maximum Gasteiger partial charge on any atom is 0.309 e. The lowest BCUT2D eigenvalue weighted by Crippen LogP contribution is -2.30. The van der Waals surface area contributed by atoms with Crippen LogP contribution in [0.25, 0.3) is 0 Å². The first-order valence-electron chi connectivity index (χ1n) is 30.5. The van der Waals surface area contributed by atoms with Crippen LogP contribution in [0, 0.1) is 0 Å². The van der Waals surface area contributed by atoms with E-state index < -0.39 is 12.1 Å². The number of esters is 3. The smallest absolute Gasteiger partial charge is 0.309 e. The zero-order valence-electron chi connectivity index (χ0n) is 48.1.